The summed E-state index contributed by atoms with van der Waals surface area (Å²) in [5.41, 5.74) is 0.870. The minimum atomic E-state index is -0.269. The molecule has 2 N–H and O–H groups in total. The molecule has 4 nitrogen and oxygen atoms in total. The third kappa shape index (κ3) is 1.92. The molecule has 0 saturated carbocycles. The molecular weight excluding hydrogens is 192 g/mol. The third-order valence-electron chi connectivity index (χ3n) is 2.82. The van der Waals surface area contributed by atoms with Crippen molar-refractivity contribution in [2.75, 3.05) is 19.8 Å². The highest BCUT2D eigenvalue weighted by atomic mass is 16.5. The molecule has 0 aliphatic carbocycles. The number of aliphatic hydroxyl groups excluding tert-OH is 1. The molecule has 4 heteroatoms. The Hall–Kier alpha value is -0.870. The molecule has 1 aliphatic rings. The molecule has 1 fully saturated rings. The maximum absolute atomic E-state index is 9.34. The summed E-state index contributed by atoms with van der Waals surface area (Å²) in [6.07, 6.45) is 2.86. The fourth-order valence-corrected chi connectivity index (χ4v) is 1.82. The highest BCUT2D eigenvalue weighted by Crippen LogP contribution is 2.29. The summed E-state index contributed by atoms with van der Waals surface area (Å²) in [5, 5.41) is 9.34. The lowest BCUT2D eigenvalue weighted by molar-refractivity contribution is -0.0881. The van der Waals surface area contributed by atoms with Crippen molar-refractivity contribution in [3.05, 3.63) is 17.7 Å². The Morgan fingerprint density at radius 1 is 1.60 bits per heavy atom. The Balaban J connectivity index is 2.12. The average molecular weight is 210 g/mol. The van der Waals surface area contributed by atoms with Gasteiger partial charge in [0.2, 0.25) is 0 Å². The van der Waals surface area contributed by atoms with Crippen LogP contribution in [0.3, 0.4) is 0 Å². The molecule has 0 radical (unpaired) electrons. The predicted octanol–water partition coefficient (Wildman–Crippen LogP) is 0.868. The van der Waals surface area contributed by atoms with Crippen LogP contribution in [0.15, 0.2) is 6.20 Å². The molecule has 1 aliphatic heterocycles. The number of nitrogens with one attached hydrogen (secondary N) is 1. The van der Waals surface area contributed by atoms with E-state index in [4.69, 9.17) is 4.74 Å². The van der Waals surface area contributed by atoms with Crippen molar-refractivity contribution >= 4 is 0 Å². The molecule has 0 spiro atoms. The molecule has 15 heavy (non-hydrogen) atoms. The highest BCUT2D eigenvalue weighted by molar-refractivity contribution is 5.16. The molecule has 2 heterocycles. The minimum absolute atomic E-state index is 0.0988. The quantitative estimate of drug-likeness (QED) is 0.775. The van der Waals surface area contributed by atoms with Crippen LogP contribution in [0.25, 0.3) is 0 Å². The Labute approximate surface area is 89.7 Å². The fraction of sp³-hybridized carbons (Fsp3) is 0.727. The van der Waals surface area contributed by atoms with Gasteiger partial charge in [0.15, 0.2) is 0 Å². The van der Waals surface area contributed by atoms with Gasteiger partial charge in [0.05, 0.1) is 25.2 Å². The summed E-state index contributed by atoms with van der Waals surface area (Å²) in [6, 6.07) is 0. The lowest BCUT2D eigenvalue weighted by Gasteiger charge is -2.37. The number of aromatic nitrogens is 2. The lowest BCUT2D eigenvalue weighted by Crippen LogP contribution is -2.50. The van der Waals surface area contributed by atoms with Crippen molar-refractivity contribution in [1.82, 2.24) is 9.97 Å². The number of hydrogen-bond donors (Lipinski definition) is 2. The van der Waals surface area contributed by atoms with E-state index in [1.54, 1.807) is 0 Å². The first-order valence-electron chi connectivity index (χ1n) is 5.39. The molecule has 0 aromatic carbocycles. The summed E-state index contributed by atoms with van der Waals surface area (Å²) in [5.74, 6) is 1.48. The second-order valence-corrected chi connectivity index (χ2v) is 4.79. The highest BCUT2D eigenvalue weighted by Gasteiger charge is 2.42. The van der Waals surface area contributed by atoms with Crippen molar-refractivity contribution in [3.8, 4) is 0 Å². The molecule has 84 valence electrons. The van der Waals surface area contributed by atoms with Gasteiger partial charge in [-0.15, -0.1) is 0 Å². The maximum atomic E-state index is 9.34. The number of H-pyrrole nitrogens is 1. The van der Waals surface area contributed by atoms with Crippen molar-refractivity contribution in [2.45, 2.75) is 25.7 Å². The summed E-state index contributed by atoms with van der Waals surface area (Å²) in [4.78, 5) is 7.63. The van der Waals surface area contributed by atoms with E-state index in [0.717, 1.165) is 17.9 Å². The molecule has 0 unspecified atom stereocenters. The van der Waals surface area contributed by atoms with Crippen LogP contribution in [0.2, 0.25) is 0 Å². The molecule has 0 amide bonds. The lowest BCUT2D eigenvalue weighted by atomic mass is 9.86. The number of aliphatic hydroxyl groups is 1. The Morgan fingerprint density at radius 2 is 2.33 bits per heavy atom. The number of aromatic amines is 1. The van der Waals surface area contributed by atoms with E-state index in [1.807, 2.05) is 6.20 Å². The van der Waals surface area contributed by atoms with E-state index in [-0.39, 0.29) is 12.0 Å². The first kappa shape index (κ1) is 10.6. The summed E-state index contributed by atoms with van der Waals surface area (Å²) >= 11 is 0. The van der Waals surface area contributed by atoms with E-state index in [1.165, 1.54) is 0 Å². The van der Waals surface area contributed by atoms with Gasteiger partial charge in [0.1, 0.15) is 5.82 Å². The SMILES string of the molecule is CC(C)Cc1cnc(C2(CO)COC2)[nH]1. The summed E-state index contributed by atoms with van der Waals surface area (Å²) in [7, 11) is 0. The fourth-order valence-electron chi connectivity index (χ4n) is 1.82. The first-order chi connectivity index (χ1) is 7.16. The van der Waals surface area contributed by atoms with Gasteiger partial charge in [0, 0.05) is 11.9 Å². The number of rotatable bonds is 4. The average Bonchev–Trinajstić information content (AvgIpc) is 2.51. The van der Waals surface area contributed by atoms with Crippen LogP contribution in [0.4, 0.5) is 0 Å². The van der Waals surface area contributed by atoms with Crippen molar-refractivity contribution < 1.29 is 9.84 Å². The molecule has 0 bridgehead atoms. The molecule has 2 rings (SSSR count). The summed E-state index contributed by atoms with van der Waals surface area (Å²) in [6.45, 7) is 5.58. The largest absolute Gasteiger partial charge is 0.395 e. The second kappa shape index (κ2) is 3.94. The normalized spacial score (nSPS) is 19.2. The van der Waals surface area contributed by atoms with Gasteiger partial charge in [0.25, 0.3) is 0 Å². The van der Waals surface area contributed by atoms with Gasteiger partial charge in [-0.3, -0.25) is 0 Å². The maximum Gasteiger partial charge on any atom is 0.119 e. The Morgan fingerprint density at radius 3 is 2.80 bits per heavy atom. The number of ether oxygens (including phenoxy) is 1. The zero-order valence-corrected chi connectivity index (χ0v) is 9.29. The number of hydrogen-bond acceptors (Lipinski definition) is 3. The van der Waals surface area contributed by atoms with Crippen LogP contribution in [0.1, 0.15) is 25.4 Å². The molecule has 1 aromatic heterocycles. The third-order valence-corrected chi connectivity index (χ3v) is 2.82. The predicted molar refractivity (Wildman–Crippen MR) is 56.7 cm³/mol. The van der Waals surface area contributed by atoms with E-state index >= 15 is 0 Å². The van der Waals surface area contributed by atoms with Crippen LogP contribution in [0.5, 0.6) is 0 Å². The first-order valence-corrected chi connectivity index (χ1v) is 5.39. The van der Waals surface area contributed by atoms with Gasteiger partial charge in [-0.1, -0.05) is 13.8 Å². The van der Waals surface area contributed by atoms with Crippen LogP contribution in [-0.2, 0) is 16.6 Å². The van der Waals surface area contributed by atoms with Crippen molar-refractivity contribution in [2.24, 2.45) is 5.92 Å². The zero-order chi connectivity index (χ0) is 10.9. The molecule has 0 atom stereocenters. The van der Waals surface area contributed by atoms with Gasteiger partial charge < -0.3 is 14.8 Å². The standard InChI is InChI=1S/C11H18N2O2/c1-8(2)3-9-4-12-10(13-9)11(5-14)6-15-7-11/h4,8,14H,3,5-7H2,1-2H3,(H,12,13). The minimum Gasteiger partial charge on any atom is -0.395 e. The van der Waals surface area contributed by atoms with Gasteiger partial charge in [-0.05, 0) is 12.3 Å². The Bertz CT molecular complexity index is 324. The van der Waals surface area contributed by atoms with E-state index in [0.29, 0.717) is 19.1 Å². The number of nitrogens with zero attached hydrogens (tertiary/aromatic N) is 1. The van der Waals surface area contributed by atoms with E-state index < -0.39 is 0 Å². The zero-order valence-electron chi connectivity index (χ0n) is 9.29. The topological polar surface area (TPSA) is 58.1 Å². The molecule has 1 saturated heterocycles. The van der Waals surface area contributed by atoms with E-state index in [9.17, 15) is 5.11 Å². The van der Waals surface area contributed by atoms with E-state index in [2.05, 4.69) is 23.8 Å². The van der Waals surface area contributed by atoms with Crippen LogP contribution in [-0.4, -0.2) is 34.9 Å². The number of imidazole rings is 1. The molecular formula is C11H18N2O2. The van der Waals surface area contributed by atoms with Crippen LogP contribution < -0.4 is 0 Å². The smallest absolute Gasteiger partial charge is 0.119 e. The van der Waals surface area contributed by atoms with Gasteiger partial charge in [-0.25, -0.2) is 4.98 Å². The van der Waals surface area contributed by atoms with Gasteiger partial charge in [-0.2, -0.15) is 0 Å². The van der Waals surface area contributed by atoms with Gasteiger partial charge >= 0.3 is 0 Å². The second-order valence-electron chi connectivity index (χ2n) is 4.79. The van der Waals surface area contributed by atoms with Crippen LogP contribution in [0, 0.1) is 5.92 Å². The molecule has 1 aromatic rings. The monoisotopic (exact) mass is 210 g/mol. The van der Waals surface area contributed by atoms with Crippen molar-refractivity contribution in [3.63, 3.8) is 0 Å². The van der Waals surface area contributed by atoms with Crippen LogP contribution >= 0.6 is 0 Å². The Kier molecular flexibility index (Phi) is 2.80. The summed E-state index contributed by atoms with van der Waals surface area (Å²) < 4.78 is 5.15. The van der Waals surface area contributed by atoms with Crippen molar-refractivity contribution in [1.29, 1.82) is 0 Å².